The number of fused-ring (bicyclic) bond motifs is 1. The molecule has 0 spiro atoms. The van der Waals surface area contributed by atoms with Crippen LogP contribution in [-0.2, 0) is 0 Å². The maximum absolute atomic E-state index is 5.48. The lowest BCUT2D eigenvalue weighted by Gasteiger charge is -2.13. The minimum Gasteiger partial charge on any atom is -0.467 e. The molecule has 24 heavy (non-hydrogen) atoms. The first-order chi connectivity index (χ1) is 11.7. The van der Waals surface area contributed by atoms with Crippen molar-refractivity contribution in [2.75, 3.05) is 5.32 Å². The average Bonchev–Trinajstić information content (AvgIpc) is 3.25. The van der Waals surface area contributed by atoms with E-state index >= 15 is 0 Å². The van der Waals surface area contributed by atoms with E-state index in [2.05, 4.69) is 53.4 Å². The Morgan fingerprint density at radius 3 is 2.67 bits per heavy atom. The number of rotatable bonds is 4. The van der Waals surface area contributed by atoms with Crippen LogP contribution >= 0.6 is 11.3 Å². The molecule has 5 heteroatoms. The minimum absolute atomic E-state index is 0.0394. The lowest BCUT2D eigenvalue weighted by molar-refractivity contribution is 0.490. The molecule has 1 atom stereocenters. The van der Waals surface area contributed by atoms with Gasteiger partial charge in [-0.1, -0.05) is 30.3 Å². The topological polar surface area (TPSA) is 51.0 Å². The van der Waals surface area contributed by atoms with Crippen LogP contribution in [0.2, 0.25) is 0 Å². The third-order valence-corrected chi connectivity index (χ3v) is 5.33. The van der Waals surface area contributed by atoms with Crippen molar-refractivity contribution in [1.82, 2.24) is 9.97 Å². The molecule has 0 bridgehead atoms. The summed E-state index contributed by atoms with van der Waals surface area (Å²) in [6.45, 7) is 4.19. The molecule has 0 saturated heterocycles. The van der Waals surface area contributed by atoms with E-state index in [0.29, 0.717) is 0 Å². The Morgan fingerprint density at radius 2 is 1.92 bits per heavy atom. The van der Waals surface area contributed by atoms with Gasteiger partial charge in [-0.15, -0.1) is 11.3 Å². The molecule has 4 aromatic rings. The minimum atomic E-state index is 0.0394. The van der Waals surface area contributed by atoms with Crippen molar-refractivity contribution in [3.05, 3.63) is 66.4 Å². The van der Waals surface area contributed by atoms with Crippen LogP contribution in [0.1, 0.15) is 24.3 Å². The van der Waals surface area contributed by atoms with Gasteiger partial charge in [0.1, 0.15) is 22.7 Å². The second-order valence-corrected chi connectivity index (χ2v) is 6.71. The summed E-state index contributed by atoms with van der Waals surface area (Å²) in [7, 11) is 0. The number of hydrogen-bond donors (Lipinski definition) is 1. The summed E-state index contributed by atoms with van der Waals surface area (Å²) in [4.78, 5) is 11.2. The average molecular weight is 335 g/mol. The third kappa shape index (κ3) is 2.57. The monoisotopic (exact) mass is 335 g/mol. The van der Waals surface area contributed by atoms with Gasteiger partial charge < -0.3 is 9.73 Å². The highest BCUT2D eigenvalue weighted by Crippen LogP contribution is 2.40. The molecule has 3 aromatic heterocycles. The summed E-state index contributed by atoms with van der Waals surface area (Å²) in [5.41, 5.74) is 2.42. The highest BCUT2D eigenvalue weighted by atomic mass is 32.1. The maximum Gasteiger partial charge on any atom is 0.139 e. The summed E-state index contributed by atoms with van der Waals surface area (Å²) in [6.07, 6.45) is 3.30. The van der Waals surface area contributed by atoms with Crippen molar-refractivity contribution < 1.29 is 4.42 Å². The fourth-order valence-electron chi connectivity index (χ4n) is 2.86. The number of benzene rings is 1. The van der Waals surface area contributed by atoms with Gasteiger partial charge in [0.25, 0.3) is 0 Å². The number of anilines is 1. The Bertz CT molecular complexity index is 961. The number of furan rings is 1. The summed E-state index contributed by atoms with van der Waals surface area (Å²) >= 11 is 1.70. The third-order valence-electron chi connectivity index (χ3n) is 4.09. The number of hydrogen-bond acceptors (Lipinski definition) is 5. The van der Waals surface area contributed by atoms with Crippen molar-refractivity contribution in [3.8, 4) is 10.4 Å². The van der Waals surface area contributed by atoms with Gasteiger partial charge in [0, 0.05) is 4.88 Å². The smallest absolute Gasteiger partial charge is 0.139 e. The van der Waals surface area contributed by atoms with Crippen molar-refractivity contribution >= 4 is 27.4 Å². The van der Waals surface area contributed by atoms with Crippen LogP contribution in [0.25, 0.3) is 20.7 Å². The Kier molecular flexibility index (Phi) is 3.78. The van der Waals surface area contributed by atoms with Crippen LogP contribution in [0.4, 0.5) is 5.82 Å². The molecule has 0 aliphatic rings. The molecule has 0 saturated carbocycles. The van der Waals surface area contributed by atoms with E-state index < -0.39 is 0 Å². The molecule has 4 rings (SSSR count). The lowest BCUT2D eigenvalue weighted by Crippen LogP contribution is -2.07. The normalized spacial score (nSPS) is 12.4. The first-order valence-electron chi connectivity index (χ1n) is 7.83. The number of aromatic nitrogens is 2. The summed E-state index contributed by atoms with van der Waals surface area (Å²) in [6, 6.07) is 14.3. The zero-order chi connectivity index (χ0) is 16.5. The van der Waals surface area contributed by atoms with Gasteiger partial charge in [0.15, 0.2) is 0 Å². The molecule has 0 amide bonds. The molecule has 1 unspecified atom stereocenters. The SMILES string of the molecule is Cc1c(-c2ccccc2)sc2ncnc(NC(C)c3ccco3)c12. The van der Waals surface area contributed by atoms with E-state index in [1.165, 1.54) is 16.0 Å². The first-order valence-corrected chi connectivity index (χ1v) is 8.65. The Balaban J connectivity index is 1.78. The van der Waals surface area contributed by atoms with Gasteiger partial charge in [-0.2, -0.15) is 0 Å². The van der Waals surface area contributed by atoms with Crippen LogP contribution in [0.15, 0.2) is 59.5 Å². The molecule has 120 valence electrons. The number of aryl methyl sites for hydroxylation is 1. The summed E-state index contributed by atoms with van der Waals surface area (Å²) in [5.74, 6) is 1.73. The Morgan fingerprint density at radius 1 is 1.08 bits per heavy atom. The molecule has 0 aliphatic heterocycles. The standard InChI is InChI=1S/C19H17N3OS/c1-12-16-18(22-13(2)15-9-6-10-23-15)20-11-21-19(16)24-17(12)14-7-4-3-5-8-14/h3-11,13H,1-2H3,(H,20,21,22). The highest BCUT2D eigenvalue weighted by Gasteiger charge is 2.17. The predicted octanol–water partition coefficient (Wildman–Crippen LogP) is 5.43. The Labute approximate surface area is 144 Å². The van der Waals surface area contributed by atoms with Crippen LogP contribution in [0, 0.1) is 6.92 Å². The van der Waals surface area contributed by atoms with E-state index in [4.69, 9.17) is 4.42 Å². The fraction of sp³-hybridized carbons (Fsp3) is 0.158. The van der Waals surface area contributed by atoms with E-state index in [1.54, 1.807) is 23.9 Å². The summed E-state index contributed by atoms with van der Waals surface area (Å²) < 4.78 is 5.48. The predicted molar refractivity (Wildman–Crippen MR) is 98.3 cm³/mol. The van der Waals surface area contributed by atoms with Crippen molar-refractivity contribution in [3.63, 3.8) is 0 Å². The zero-order valence-electron chi connectivity index (χ0n) is 13.5. The van der Waals surface area contributed by atoms with Crippen LogP contribution in [-0.4, -0.2) is 9.97 Å². The quantitative estimate of drug-likeness (QED) is 0.540. The van der Waals surface area contributed by atoms with Gasteiger partial charge in [0.2, 0.25) is 0 Å². The molecule has 1 N–H and O–H groups in total. The number of nitrogens with one attached hydrogen (secondary N) is 1. The van der Waals surface area contributed by atoms with Crippen LogP contribution in [0.3, 0.4) is 0 Å². The molecule has 4 nitrogen and oxygen atoms in total. The fourth-order valence-corrected chi connectivity index (χ4v) is 4.01. The van der Waals surface area contributed by atoms with Crippen LogP contribution in [0.5, 0.6) is 0 Å². The number of nitrogens with zero attached hydrogens (tertiary/aromatic N) is 2. The van der Waals surface area contributed by atoms with Crippen molar-refractivity contribution in [2.45, 2.75) is 19.9 Å². The van der Waals surface area contributed by atoms with Crippen LogP contribution < -0.4 is 5.32 Å². The van der Waals surface area contributed by atoms with Gasteiger partial charge in [0.05, 0.1) is 17.7 Å². The highest BCUT2D eigenvalue weighted by molar-refractivity contribution is 7.22. The largest absolute Gasteiger partial charge is 0.467 e. The maximum atomic E-state index is 5.48. The molecule has 3 heterocycles. The van der Waals surface area contributed by atoms with Gasteiger partial charge in [-0.25, -0.2) is 9.97 Å². The molecule has 0 fully saturated rings. The van der Waals surface area contributed by atoms with Crippen molar-refractivity contribution in [2.24, 2.45) is 0 Å². The van der Waals surface area contributed by atoms with Gasteiger partial charge in [-0.05, 0) is 37.1 Å². The number of thiophene rings is 1. The van der Waals surface area contributed by atoms with E-state index in [0.717, 1.165) is 21.8 Å². The zero-order valence-corrected chi connectivity index (χ0v) is 14.3. The molecule has 1 aromatic carbocycles. The van der Waals surface area contributed by atoms with E-state index in [1.807, 2.05) is 18.2 Å². The van der Waals surface area contributed by atoms with Crippen molar-refractivity contribution in [1.29, 1.82) is 0 Å². The van der Waals surface area contributed by atoms with Gasteiger partial charge in [-0.3, -0.25) is 0 Å². The second kappa shape index (κ2) is 6.09. The molecule has 0 aliphatic carbocycles. The van der Waals surface area contributed by atoms with E-state index in [-0.39, 0.29) is 6.04 Å². The second-order valence-electron chi connectivity index (χ2n) is 5.71. The molecule has 0 radical (unpaired) electrons. The van der Waals surface area contributed by atoms with E-state index in [9.17, 15) is 0 Å². The summed E-state index contributed by atoms with van der Waals surface area (Å²) in [5, 5.41) is 4.54. The van der Waals surface area contributed by atoms with Gasteiger partial charge >= 0.3 is 0 Å². The molecular formula is C19H17N3OS. The lowest BCUT2D eigenvalue weighted by atomic mass is 10.1. The Hall–Kier alpha value is -2.66. The molecular weight excluding hydrogens is 318 g/mol. The first kappa shape index (κ1) is 14.9.